The molecule has 168 valence electrons. The molecular formula is C26H40O4. The Morgan fingerprint density at radius 3 is 2.63 bits per heavy atom. The summed E-state index contributed by atoms with van der Waals surface area (Å²) in [6, 6.07) is 4.49. The van der Waals surface area contributed by atoms with E-state index >= 15 is 0 Å². The highest BCUT2D eigenvalue weighted by atomic mass is 17.1. The predicted molar refractivity (Wildman–Crippen MR) is 122 cm³/mol. The molecule has 1 aromatic carbocycles. The van der Waals surface area contributed by atoms with Gasteiger partial charge in [-0.25, -0.2) is 4.89 Å². The fraction of sp³-hybridized carbons (Fsp3) is 0.692. The normalized spacial score (nSPS) is 22.6. The SMILES string of the molecule is CCCCCCC(C)(C)c1cc(OC)c2c(c1)OC(C)(C)[C@H]1CC=C(COO)C[C@H]21. The molecule has 0 radical (unpaired) electrons. The highest BCUT2D eigenvalue weighted by Crippen LogP contribution is 2.55. The van der Waals surface area contributed by atoms with Crippen molar-refractivity contribution in [3.63, 3.8) is 0 Å². The molecule has 2 aliphatic rings. The van der Waals surface area contributed by atoms with Gasteiger partial charge in [-0.05, 0) is 61.8 Å². The maximum atomic E-state index is 8.95. The quantitative estimate of drug-likeness (QED) is 0.203. The molecule has 0 fully saturated rings. The van der Waals surface area contributed by atoms with Crippen molar-refractivity contribution in [2.45, 2.75) is 96.5 Å². The minimum atomic E-state index is -0.255. The van der Waals surface area contributed by atoms with E-state index < -0.39 is 0 Å². The Morgan fingerprint density at radius 2 is 1.97 bits per heavy atom. The number of allylic oxidation sites excluding steroid dienone is 1. The van der Waals surface area contributed by atoms with Crippen molar-refractivity contribution < 1.29 is 19.6 Å². The van der Waals surface area contributed by atoms with Crippen LogP contribution in [0.1, 0.15) is 96.6 Å². The van der Waals surface area contributed by atoms with Gasteiger partial charge in [0.1, 0.15) is 23.7 Å². The molecule has 30 heavy (non-hydrogen) atoms. The van der Waals surface area contributed by atoms with Crippen LogP contribution in [0.4, 0.5) is 0 Å². The van der Waals surface area contributed by atoms with E-state index in [1.807, 2.05) is 0 Å². The number of ether oxygens (including phenoxy) is 2. The lowest BCUT2D eigenvalue weighted by atomic mass is 9.66. The van der Waals surface area contributed by atoms with Crippen LogP contribution in [0.5, 0.6) is 11.5 Å². The van der Waals surface area contributed by atoms with Crippen molar-refractivity contribution in [2.24, 2.45) is 5.92 Å². The molecule has 0 unspecified atom stereocenters. The van der Waals surface area contributed by atoms with E-state index in [1.165, 1.54) is 36.8 Å². The lowest BCUT2D eigenvalue weighted by Gasteiger charge is -2.47. The zero-order chi connectivity index (χ0) is 21.9. The van der Waals surface area contributed by atoms with Gasteiger partial charge in [0.2, 0.25) is 0 Å². The van der Waals surface area contributed by atoms with Gasteiger partial charge in [-0.2, -0.15) is 0 Å². The van der Waals surface area contributed by atoms with E-state index in [-0.39, 0.29) is 17.6 Å². The maximum Gasteiger partial charge on any atom is 0.127 e. The van der Waals surface area contributed by atoms with Crippen LogP contribution in [0.2, 0.25) is 0 Å². The number of methoxy groups -OCH3 is 1. The van der Waals surface area contributed by atoms with E-state index in [4.69, 9.17) is 14.7 Å². The van der Waals surface area contributed by atoms with Gasteiger partial charge in [-0.3, -0.25) is 5.26 Å². The Labute approximate surface area is 182 Å². The van der Waals surface area contributed by atoms with Gasteiger partial charge in [0.15, 0.2) is 0 Å². The Kier molecular flexibility index (Phi) is 7.19. The average Bonchev–Trinajstić information content (AvgIpc) is 2.70. The minimum Gasteiger partial charge on any atom is -0.496 e. The second-order valence-electron chi connectivity index (χ2n) is 10.3. The largest absolute Gasteiger partial charge is 0.496 e. The third-order valence-electron chi connectivity index (χ3n) is 7.28. The number of hydrogen-bond donors (Lipinski definition) is 1. The summed E-state index contributed by atoms with van der Waals surface area (Å²) in [6.45, 7) is 11.6. The summed E-state index contributed by atoms with van der Waals surface area (Å²) in [7, 11) is 1.76. The molecule has 0 amide bonds. The topological polar surface area (TPSA) is 47.9 Å². The third-order valence-corrected chi connectivity index (χ3v) is 7.28. The summed E-state index contributed by atoms with van der Waals surface area (Å²) in [5.41, 5.74) is 3.42. The highest BCUT2D eigenvalue weighted by molar-refractivity contribution is 5.54. The molecule has 4 nitrogen and oxygen atoms in total. The molecule has 0 bridgehead atoms. The van der Waals surface area contributed by atoms with Gasteiger partial charge in [0.25, 0.3) is 0 Å². The lowest BCUT2D eigenvalue weighted by Crippen LogP contribution is -2.45. The summed E-state index contributed by atoms with van der Waals surface area (Å²) < 4.78 is 12.5. The first kappa shape index (κ1) is 23.1. The van der Waals surface area contributed by atoms with Gasteiger partial charge in [0.05, 0.1) is 7.11 Å². The molecule has 0 saturated heterocycles. The van der Waals surface area contributed by atoms with E-state index in [9.17, 15) is 0 Å². The van der Waals surface area contributed by atoms with Crippen molar-refractivity contribution in [1.82, 2.24) is 0 Å². The maximum absolute atomic E-state index is 8.95. The van der Waals surface area contributed by atoms with Crippen molar-refractivity contribution in [2.75, 3.05) is 13.7 Å². The van der Waals surface area contributed by atoms with E-state index in [2.05, 4.69) is 57.7 Å². The van der Waals surface area contributed by atoms with E-state index in [0.29, 0.717) is 11.8 Å². The zero-order valence-electron chi connectivity index (χ0n) is 19.7. The van der Waals surface area contributed by atoms with Crippen LogP contribution >= 0.6 is 0 Å². The third kappa shape index (κ3) is 4.70. The zero-order valence-corrected chi connectivity index (χ0v) is 19.7. The molecule has 2 atom stereocenters. The first-order valence-electron chi connectivity index (χ1n) is 11.6. The van der Waals surface area contributed by atoms with Gasteiger partial charge in [-0.15, -0.1) is 0 Å². The molecule has 0 spiro atoms. The van der Waals surface area contributed by atoms with Crippen LogP contribution in [0.15, 0.2) is 23.8 Å². The van der Waals surface area contributed by atoms with E-state index in [0.717, 1.165) is 36.3 Å². The first-order valence-corrected chi connectivity index (χ1v) is 11.6. The van der Waals surface area contributed by atoms with Crippen LogP contribution in [-0.2, 0) is 10.3 Å². The summed E-state index contributed by atoms with van der Waals surface area (Å²) in [6.07, 6.45) is 10.2. The van der Waals surface area contributed by atoms with Crippen LogP contribution < -0.4 is 9.47 Å². The Balaban J connectivity index is 1.97. The summed E-state index contributed by atoms with van der Waals surface area (Å²) in [4.78, 5) is 4.45. The van der Waals surface area contributed by atoms with Gasteiger partial charge in [-0.1, -0.05) is 52.5 Å². The molecule has 1 aliphatic carbocycles. The van der Waals surface area contributed by atoms with Crippen molar-refractivity contribution in [3.05, 3.63) is 34.9 Å². The molecule has 1 aromatic rings. The highest BCUT2D eigenvalue weighted by Gasteiger charge is 2.46. The van der Waals surface area contributed by atoms with Gasteiger partial charge >= 0.3 is 0 Å². The Morgan fingerprint density at radius 1 is 1.20 bits per heavy atom. The lowest BCUT2D eigenvalue weighted by molar-refractivity contribution is -0.234. The first-order chi connectivity index (χ1) is 14.2. The van der Waals surface area contributed by atoms with E-state index in [1.54, 1.807) is 7.11 Å². The molecule has 3 rings (SSSR count). The Bertz CT molecular complexity index is 763. The van der Waals surface area contributed by atoms with Crippen LogP contribution in [0.3, 0.4) is 0 Å². The summed E-state index contributed by atoms with van der Waals surface area (Å²) >= 11 is 0. The monoisotopic (exact) mass is 416 g/mol. The fourth-order valence-electron chi connectivity index (χ4n) is 5.35. The second kappa shape index (κ2) is 9.32. The average molecular weight is 417 g/mol. The molecular weight excluding hydrogens is 376 g/mol. The molecule has 1 aliphatic heterocycles. The second-order valence-corrected chi connectivity index (χ2v) is 10.3. The number of benzene rings is 1. The fourth-order valence-corrected chi connectivity index (χ4v) is 5.35. The number of rotatable bonds is 9. The van der Waals surface area contributed by atoms with Crippen LogP contribution in [-0.4, -0.2) is 24.6 Å². The minimum absolute atomic E-state index is 0.0722. The molecule has 4 heteroatoms. The van der Waals surface area contributed by atoms with Gasteiger partial charge < -0.3 is 9.47 Å². The van der Waals surface area contributed by atoms with Crippen LogP contribution in [0, 0.1) is 5.92 Å². The standard InChI is InChI=1S/C26H40O4/c1-7-8-9-10-13-25(2,3)19-15-22(28-6)24-20-14-18(17-29-27)11-12-21(20)26(4,5)30-23(24)16-19/h11,15-16,20-21,27H,7-10,12-14,17H2,1-6H3/t20-,21-/m0/s1. The number of hydrogen-bond acceptors (Lipinski definition) is 4. The molecule has 0 saturated carbocycles. The number of fused-ring (bicyclic) bond motifs is 3. The predicted octanol–water partition coefficient (Wildman–Crippen LogP) is 7.02. The van der Waals surface area contributed by atoms with Gasteiger partial charge in [0, 0.05) is 17.4 Å². The number of unbranched alkanes of at least 4 members (excludes halogenated alkanes) is 3. The Hall–Kier alpha value is -1.52. The van der Waals surface area contributed by atoms with Crippen molar-refractivity contribution >= 4 is 0 Å². The van der Waals surface area contributed by atoms with Crippen molar-refractivity contribution in [1.29, 1.82) is 0 Å². The summed E-state index contributed by atoms with van der Waals surface area (Å²) in [5, 5.41) is 8.95. The van der Waals surface area contributed by atoms with Crippen LogP contribution in [0.25, 0.3) is 0 Å². The molecule has 1 N–H and O–H groups in total. The molecule has 0 aromatic heterocycles. The van der Waals surface area contributed by atoms with Crippen molar-refractivity contribution in [3.8, 4) is 11.5 Å². The smallest absolute Gasteiger partial charge is 0.127 e. The molecule has 1 heterocycles. The summed E-state index contributed by atoms with van der Waals surface area (Å²) in [5.74, 6) is 2.56.